The number of aliphatic hydroxyl groups excluding tert-OH is 1. The van der Waals surface area contributed by atoms with E-state index in [0.29, 0.717) is 5.69 Å². The molecule has 7 nitrogen and oxygen atoms in total. The fourth-order valence-electron chi connectivity index (χ4n) is 2.09. The van der Waals surface area contributed by atoms with E-state index in [1.165, 1.54) is 6.20 Å². The third-order valence-corrected chi connectivity index (χ3v) is 2.95. The molecular formula is C12H15N3O4. The van der Waals surface area contributed by atoms with Gasteiger partial charge in [0.15, 0.2) is 0 Å². The number of aliphatic carboxylic acids is 1. The molecule has 19 heavy (non-hydrogen) atoms. The van der Waals surface area contributed by atoms with Crippen LogP contribution in [-0.2, 0) is 4.79 Å². The minimum Gasteiger partial charge on any atom is -0.480 e. The van der Waals surface area contributed by atoms with Crippen molar-refractivity contribution in [2.45, 2.75) is 25.5 Å². The molecule has 1 aliphatic heterocycles. The molecule has 7 heteroatoms. The van der Waals surface area contributed by atoms with Gasteiger partial charge in [0.1, 0.15) is 6.04 Å². The Morgan fingerprint density at radius 3 is 2.84 bits per heavy atom. The summed E-state index contributed by atoms with van der Waals surface area (Å²) in [5.74, 6) is -1.12. The molecule has 3 N–H and O–H groups in total. The molecule has 0 unspecified atom stereocenters. The molecule has 0 aliphatic carbocycles. The zero-order chi connectivity index (χ0) is 14.0. The summed E-state index contributed by atoms with van der Waals surface area (Å²) in [6.45, 7) is 1.85. The van der Waals surface area contributed by atoms with Gasteiger partial charge in [0, 0.05) is 19.2 Å². The van der Waals surface area contributed by atoms with Crippen LogP contribution in [0.4, 0.5) is 10.5 Å². The normalized spacial score (nSPS) is 22.3. The average Bonchev–Trinajstić information content (AvgIpc) is 2.71. The molecule has 0 spiro atoms. The second-order valence-electron chi connectivity index (χ2n) is 4.58. The van der Waals surface area contributed by atoms with Crippen molar-refractivity contribution in [2.24, 2.45) is 0 Å². The van der Waals surface area contributed by atoms with E-state index in [9.17, 15) is 14.7 Å². The number of carbonyl (C=O) groups is 2. The molecule has 0 saturated carbocycles. The number of aromatic nitrogens is 1. The van der Waals surface area contributed by atoms with Gasteiger partial charge in [-0.1, -0.05) is 0 Å². The highest BCUT2D eigenvalue weighted by Gasteiger charge is 2.38. The quantitative estimate of drug-likeness (QED) is 0.720. The summed E-state index contributed by atoms with van der Waals surface area (Å²) in [5.41, 5.74) is 1.38. The highest BCUT2D eigenvalue weighted by molar-refractivity contribution is 5.92. The Hall–Kier alpha value is -2.15. The predicted octanol–water partition coefficient (Wildman–Crippen LogP) is 0.442. The van der Waals surface area contributed by atoms with Crippen LogP contribution in [0.25, 0.3) is 0 Å². The number of urea groups is 1. The minimum absolute atomic E-state index is 0.0159. The lowest BCUT2D eigenvalue weighted by molar-refractivity contribution is -0.141. The number of likely N-dealkylation sites (tertiary alicyclic amines) is 1. The number of aliphatic hydroxyl groups is 1. The van der Waals surface area contributed by atoms with Crippen molar-refractivity contribution in [3.63, 3.8) is 0 Å². The van der Waals surface area contributed by atoms with Crippen LogP contribution in [0.15, 0.2) is 18.5 Å². The first-order valence-corrected chi connectivity index (χ1v) is 5.87. The number of amides is 2. The molecule has 2 heterocycles. The van der Waals surface area contributed by atoms with Gasteiger partial charge in [0.05, 0.1) is 18.0 Å². The van der Waals surface area contributed by atoms with Gasteiger partial charge in [-0.05, 0) is 18.6 Å². The molecule has 102 valence electrons. The van der Waals surface area contributed by atoms with Crippen molar-refractivity contribution < 1.29 is 19.8 Å². The monoisotopic (exact) mass is 265 g/mol. The first-order valence-electron chi connectivity index (χ1n) is 5.87. The molecule has 2 amide bonds. The van der Waals surface area contributed by atoms with Crippen molar-refractivity contribution in [1.29, 1.82) is 0 Å². The lowest BCUT2D eigenvalue weighted by Gasteiger charge is -2.21. The molecule has 1 aromatic heterocycles. The van der Waals surface area contributed by atoms with Crippen molar-refractivity contribution in [2.75, 3.05) is 11.9 Å². The number of hydrogen-bond acceptors (Lipinski definition) is 4. The van der Waals surface area contributed by atoms with Gasteiger partial charge in [-0.15, -0.1) is 0 Å². The van der Waals surface area contributed by atoms with Gasteiger partial charge in [-0.3, -0.25) is 4.98 Å². The fraction of sp³-hybridized carbons (Fsp3) is 0.417. The van der Waals surface area contributed by atoms with Crippen molar-refractivity contribution in [1.82, 2.24) is 9.88 Å². The lowest BCUT2D eigenvalue weighted by Crippen LogP contribution is -2.43. The first kappa shape index (κ1) is 13.3. The molecule has 1 aromatic rings. The molecule has 2 rings (SSSR count). The van der Waals surface area contributed by atoms with Gasteiger partial charge < -0.3 is 20.4 Å². The number of nitrogens with one attached hydrogen (secondary N) is 1. The lowest BCUT2D eigenvalue weighted by atomic mass is 10.2. The highest BCUT2D eigenvalue weighted by atomic mass is 16.4. The van der Waals surface area contributed by atoms with E-state index in [1.54, 1.807) is 12.3 Å². The van der Waals surface area contributed by atoms with E-state index >= 15 is 0 Å². The summed E-state index contributed by atoms with van der Waals surface area (Å²) < 4.78 is 0. The van der Waals surface area contributed by atoms with Crippen molar-refractivity contribution in [3.8, 4) is 0 Å². The Labute approximate surface area is 109 Å². The van der Waals surface area contributed by atoms with Crippen LogP contribution < -0.4 is 5.32 Å². The number of anilines is 1. The summed E-state index contributed by atoms with van der Waals surface area (Å²) in [5, 5.41) is 21.1. The number of carboxylic acid groups (broad SMARTS) is 1. The van der Waals surface area contributed by atoms with Gasteiger partial charge >= 0.3 is 12.0 Å². The SMILES string of the molecule is Cc1cncc(NC(=O)N2C[C@@H](O)C[C@H]2C(=O)O)c1. The number of aryl methyl sites for hydroxylation is 1. The fourth-order valence-corrected chi connectivity index (χ4v) is 2.09. The van der Waals surface area contributed by atoms with Gasteiger partial charge in [-0.25, -0.2) is 9.59 Å². The summed E-state index contributed by atoms with van der Waals surface area (Å²) in [6.07, 6.45) is 2.37. The maximum absolute atomic E-state index is 12.0. The predicted molar refractivity (Wildman–Crippen MR) is 66.7 cm³/mol. The minimum atomic E-state index is -1.12. The van der Waals surface area contributed by atoms with E-state index in [2.05, 4.69) is 10.3 Å². The number of rotatable bonds is 2. The van der Waals surface area contributed by atoms with Crippen LogP contribution in [-0.4, -0.2) is 50.8 Å². The second kappa shape index (κ2) is 5.23. The molecule has 0 radical (unpaired) electrons. The van der Waals surface area contributed by atoms with E-state index in [4.69, 9.17) is 5.11 Å². The maximum atomic E-state index is 12.0. The van der Waals surface area contributed by atoms with E-state index in [0.717, 1.165) is 10.5 Å². The van der Waals surface area contributed by atoms with Crippen LogP contribution >= 0.6 is 0 Å². The summed E-state index contributed by atoms with van der Waals surface area (Å²) >= 11 is 0. The van der Waals surface area contributed by atoms with Crippen LogP contribution in [0.1, 0.15) is 12.0 Å². The maximum Gasteiger partial charge on any atom is 0.326 e. The molecule has 0 aromatic carbocycles. The Morgan fingerprint density at radius 2 is 2.21 bits per heavy atom. The van der Waals surface area contributed by atoms with Crippen LogP contribution in [0.5, 0.6) is 0 Å². The van der Waals surface area contributed by atoms with Gasteiger partial charge in [0.25, 0.3) is 0 Å². The van der Waals surface area contributed by atoms with Crippen molar-refractivity contribution >= 4 is 17.7 Å². The van der Waals surface area contributed by atoms with E-state index < -0.39 is 24.1 Å². The topological polar surface area (TPSA) is 103 Å². The zero-order valence-corrected chi connectivity index (χ0v) is 10.4. The highest BCUT2D eigenvalue weighted by Crippen LogP contribution is 2.19. The molecule has 2 atom stereocenters. The number of pyridine rings is 1. The molecule has 1 saturated heterocycles. The number of β-amino-alcohol motifs (C(OH)–C–C–N with tert-alkyl or cyclic N) is 1. The first-order chi connectivity index (χ1) is 8.97. The van der Waals surface area contributed by atoms with Gasteiger partial charge in [0.2, 0.25) is 0 Å². The summed E-state index contributed by atoms with van der Waals surface area (Å²) in [4.78, 5) is 28.1. The molecule has 1 fully saturated rings. The summed E-state index contributed by atoms with van der Waals surface area (Å²) in [7, 11) is 0. The molecule has 0 bridgehead atoms. The standard InChI is InChI=1S/C12H15N3O4/c1-7-2-8(5-13-4-7)14-12(19)15-6-9(16)3-10(15)11(17)18/h2,4-5,9-10,16H,3,6H2,1H3,(H,14,19)(H,17,18)/t9-,10-/m0/s1. The Bertz CT molecular complexity index is 506. The smallest absolute Gasteiger partial charge is 0.326 e. The van der Waals surface area contributed by atoms with Crippen LogP contribution in [0.2, 0.25) is 0 Å². The van der Waals surface area contributed by atoms with E-state index in [-0.39, 0.29) is 13.0 Å². The second-order valence-corrected chi connectivity index (χ2v) is 4.58. The Kier molecular flexibility index (Phi) is 3.66. The van der Waals surface area contributed by atoms with E-state index in [1.807, 2.05) is 6.92 Å². The van der Waals surface area contributed by atoms with Crippen LogP contribution in [0, 0.1) is 6.92 Å². The number of nitrogens with zero attached hydrogens (tertiary/aromatic N) is 2. The van der Waals surface area contributed by atoms with Crippen molar-refractivity contribution in [3.05, 3.63) is 24.0 Å². The van der Waals surface area contributed by atoms with Gasteiger partial charge in [-0.2, -0.15) is 0 Å². The van der Waals surface area contributed by atoms with Crippen LogP contribution in [0.3, 0.4) is 0 Å². The largest absolute Gasteiger partial charge is 0.480 e. The summed E-state index contributed by atoms with van der Waals surface area (Å²) in [6, 6.07) is 0.191. The number of hydrogen-bond donors (Lipinski definition) is 3. The average molecular weight is 265 g/mol. The molecular weight excluding hydrogens is 250 g/mol. The number of carboxylic acids is 1. The number of carbonyl (C=O) groups excluding carboxylic acids is 1. The third kappa shape index (κ3) is 3.00. The zero-order valence-electron chi connectivity index (χ0n) is 10.4. The third-order valence-electron chi connectivity index (χ3n) is 2.95. The molecule has 1 aliphatic rings. The Morgan fingerprint density at radius 1 is 1.47 bits per heavy atom. The Balaban J connectivity index is 2.09.